The van der Waals surface area contributed by atoms with E-state index in [2.05, 4.69) is 33.7 Å². The van der Waals surface area contributed by atoms with E-state index in [4.69, 9.17) is 11.6 Å². The van der Waals surface area contributed by atoms with E-state index < -0.39 is 23.4 Å². The topological polar surface area (TPSA) is 41.9 Å². The van der Waals surface area contributed by atoms with Gasteiger partial charge in [-0.3, -0.25) is 4.90 Å². The number of alkyl halides is 3. The highest BCUT2D eigenvalue weighted by atomic mass is 35.5. The molecule has 182 valence electrons. The van der Waals surface area contributed by atoms with Gasteiger partial charge in [0.05, 0.1) is 22.0 Å². The number of thiazole rings is 1. The van der Waals surface area contributed by atoms with Crippen LogP contribution in [0.1, 0.15) is 53.7 Å². The Labute approximate surface area is 202 Å². The molecule has 4 rings (SSSR count). The molecule has 0 radical (unpaired) electrons. The molecular formula is C23H22ClF5N4S. The summed E-state index contributed by atoms with van der Waals surface area (Å²) in [5.74, 6) is -1.48. The first kappa shape index (κ1) is 24.9. The largest absolute Gasteiger partial charge is 0.416 e. The van der Waals surface area contributed by atoms with Gasteiger partial charge in [-0.15, -0.1) is 11.3 Å². The Morgan fingerprint density at radius 1 is 1.06 bits per heavy atom. The van der Waals surface area contributed by atoms with Gasteiger partial charge in [-0.2, -0.15) is 13.2 Å². The molecular weight excluding hydrogens is 495 g/mol. The van der Waals surface area contributed by atoms with Crippen LogP contribution in [0.3, 0.4) is 0 Å². The van der Waals surface area contributed by atoms with Crippen LogP contribution < -0.4 is 0 Å². The molecule has 0 amide bonds. The Hall–Kier alpha value is -2.17. The van der Waals surface area contributed by atoms with Crippen molar-refractivity contribution < 1.29 is 22.0 Å². The van der Waals surface area contributed by atoms with E-state index in [9.17, 15) is 22.0 Å². The molecule has 0 unspecified atom stereocenters. The minimum Gasteiger partial charge on any atom is -0.293 e. The number of aryl methyl sites for hydroxylation is 1. The first-order valence-corrected chi connectivity index (χ1v) is 11.9. The summed E-state index contributed by atoms with van der Waals surface area (Å²) in [4.78, 5) is 15.3. The summed E-state index contributed by atoms with van der Waals surface area (Å²) in [6, 6.07) is 2.97. The van der Waals surface area contributed by atoms with E-state index in [0.29, 0.717) is 22.5 Å². The molecule has 34 heavy (non-hydrogen) atoms. The molecule has 0 N–H and O–H groups in total. The molecule has 1 aliphatic rings. The third-order valence-corrected chi connectivity index (χ3v) is 7.30. The molecule has 0 saturated carbocycles. The number of nitrogens with zero attached hydrogens (tertiary/aromatic N) is 4. The Bertz CT molecular complexity index is 1200. The molecule has 0 aliphatic carbocycles. The van der Waals surface area contributed by atoms with Crippen molar-refractivity contribution in [1.82, 2.24) is 19.9 Å². The second kappa shape index (κ2) is 9.47. The van der Waals surface area contributed by atoms with Crippen LogP contribution in [-0.2, 0) is 19.1 Å². The van der Waals surface area contributed by atoms with Gasteiger partial charge in [0.25, 0.3) is 0 Å². The highest BCUT2D eigenvalue weighted by Gasteiger charge is 2.33. The quantitative estimate of drug-likeness (QED) is 0.275. The third kappa shape index (κ3) is 5.23. The molecule has 11 heteroatoms. The highest BCUT2D eigenvalue weighted by Crippen LogP contribution is 2.37. The monoisotopic (exact) mass is 516 g/mol. The third-order valence-electron chi connectivity index (χ3n) is 6.01. The van der Waals surface area contributed by atoms with E-state index in [-0.39, 0.29) is 46.4 Å². The molecule has 4 nitrogen and oxygen atoms in total. The molecule has 2 atom stereocenters. The van der Waals surface area contributed by atoms with Gasteiger partial charge in [-0.05, 0) is 51.8 Å². The maximum Gasteiger partial charge on any atom is 0.416 e. The van der Waals surface area contributed by atoms with E-state index in [0.717, 1.165) is 25.0 Å². The molecule has 0 spiro atoms. The van der Waals surface area contributed by atoms with Gasteiger partial charge in [0.1, 0.15) is 11.6 Å². The minimum atomic E-state index is -4.70. The average molecular weight is 517 g/mol. The number of aromatic nitrogens is 3. The maximum atomic E-state index is 14.5. The summed E-state index contributed by atoms with van der Waals surface area (Å²) in [7, 11) is 0. The van der Waals surface area contributed by atoms with Gasteiger partial charge < -0.3 is 0 Å². The Balaban J connectivity index is 1.79. The number of hydrogen-bond acceptors (Lipinski definition) is 5. The minimum absolute atomic E-state index is 0.0148. The van der Waals surface area contributed by atoms with Crippen molar-refractivity contribution in [2.75, 3.05) is 0 Å². The zero-order chi connectivity index (χ0) is 24.8. The molecule has 1 fully saturated rings. The second-order valence-corrected chi connectivity index (χ2v) is 10.1. The summed E-state index contributed by atoms with van der Waals surface area (Å²) in [5.41, 5.74) is -0.757. The lowest BCUT2D eigenvalue weighted by atomic mass is 10.1. The fourth-order valence-corrected chi connectivity index (χ4v) is 5.60. The van der Waals surface area contributed by atoms with E-state index in [1.54, 1.807) is 6.92 Å². The van der Waals surface area contributed by atoms with Crippen LogP contribution in [0.15, 0.2) is 18.2 Å². The van der Waals surface area contributed by atoms with Crippen LogP contribution >= 0.6 is 22.9 Å². The lowest BCUT2D eigenvalue weighted by Gasteiger charge is -2.25. The first-order valence-electron chi connectivity index (χ1n) is 10.7. The van der Waals surface area contributed by atoms with Crippen LogP contribution in [0, 0.1) is 18.6 Å². The van der Waals surface area contributed by atoms with Crippen LogP contribution in [-0.4, -0.2) is 31.9 Å². The smallest absolute Gasteiger partial charge is 0.293 e. The zero-order valence-electron chi connectivity index (χ0n) is 18.7. The first-order chi connectivity index (χ1) is 15.9. The van der Waals surface area contributed by atoms with E-state index in [1.807, 2.05) is 0 Å². The summed E-state index contributed by atoms with van der Waals surface area (Å²) in [6.45, 7) is 6.21. The Morgan fingerprint density at radius 2 is 1.74 bits per heavy atom. The number of rotatable bonds is 5. The molecule has 0 bridgehead atoms. The maximum absolute atomic E-state index is 14.5. The summed E-state index contributed by atoms with van der Waals surface area (Å²) in [6.07, 6.45) is -2.71. The second-order valence-electron chi connectivity index (χ2n) is 8.55. The summed E-state index contributed by atoms with van der Waals surface area (Å²) < 4.78 is 68.7. The standard InChI is InChI=1S/C23H22ClF5N4S/c1-11-4-5-12(2)33(11)10-18-21(14-6-15(23(27,28)29)8-16(25)7-14)32-19(34-18)9-17-20(26)22(24)31-13(3)30-17/h6-8,11-12H,4-5,9-10H2,1-3H3/t11-,12-/m1/s1. The van der Waals surface area contributed by atoms with Crippen molar-refractivity contribution in [2.24, 2.45) is 0 Å². The van der Waals surface area contributed by atoms with Gasteiger partial charge in [0.15, 0.2) is 11.0 Å². The Morgan fingerprint density at radius 3 is 2.38 bits per heavy atom. The fourth-order valence-electron chi connectivity index (χ4n) is 4.26. The van der Waals surface area contributed by atoms with Crippen molar-refractivity contribution in [3.8, 4) is 11.3 Å². The lowest BCUT2D eigenvalue weighted by Crippen LogP contribution is -2.31. The highest BCUT2D eigenvalue weighted by molar-refractivity contribution is 7.12. The fraction of sp³-hybridized carbons (Fsp3) is 0.435. The molecule has 1 saturated heterocycles. The van der Waals surface area contributed by atoms with Gasteiger partial charge in [-0.1, -0.05) is 11.6 Å². The number of likely N-dealkylation sites (tertiary alicyclic amines) is 1. The summed E-state index contributed by atoms with van der Waals surface area (Å²) in [5, 5.41) is 0.134. The molecule has 1 aliphatic heterocycles. The molecule has 3 aromatic rings. The number of halogens is 6. The van der Waals surface area contributed by atoms with Crippen LogP contribution in [0.4, 0.5) is 22.0 Å². The van der Waals surface area contributed by atoms with Gasteiger partial charge in [-0.25, -0.2) is 23.7 Å². The van der Waals surface area contributed by atoms with Gasteiger partial charge in [0.2, 0.25) is 0 Å². The van der Waals surface area contributed by atoms with Crippen molar-refractivity contribution >= 4 is 22.9 Å². The molecule has 3 heterocycles. The zero-order valence-corrected chi connectivity index (χ0v) is 20.3. The summed E-state index contributed by atoms with van der Waals surface area (Å²) >= 11 is 7.10. The van der Waals surface area contributed by atoms with Crippen molar-refractivity contribution in [3.05, 3.63) is 62.0 Å². The van der Waals surface area contributed by atoms with Gasteiger partial charge in [0, 0.05) is 35.5 Å². The SMILES string of the molecule is Cc1nc(Cl)c(F)c(Cc2nc(-c3cc(F)cc(C(F)(F)F)c3)c(CN3[C@H](C)CC[C@H]3C)s2)n1. The number of hydrogen-bond donors (Lipinski definition) is 0. The lowest BCUT2D eigenvalue weighted by molar-refractivity contribution is -0.137. The normalized spacial score (nSPS) is 19.2. The van der Waals surface area contributed by atoms with E-state index in [1.165, 1.54) is 11.3 Å². The predicted molar refractivity (Wildman–Crippen MR) is 121 cm³/mol. The van der Waals surface area contributed by atoms with Crippen molar-refractivity contribution in [3.63, 3.8) is 0 Å². The molecule has 2 aromatic heterocycles. The van der Waals surface area contributed by atoms with Crippen molar-refractivity contribution in [1.29, 1.82) is 0 Å². The average Bonchev–Trinajstić information content (AvgIpc) is 3.28. The predicted octanol–water partition coefficient (Wildman–Crippen LogP) is 6.82. The van der Waals surface area contributed by atoms with E-state index >= 15 is 0 Å². The number of benzene rings is 1. The Kier molecular flexibility index (Phi) is 6.94. The van der Waals surface area contributed by atoms with Crippen LogP contribution in [0.25, 0.3) is 11.3 Å². The van der Waals surface area contributed by atoms with Crippen molar-refractivity contribution in [2.45, 2.75) is 64.8 Å². The molecule has 1 aromatic carbocycles. The van der Waals surface area contributed by atoms with Gasteiger partial charge >= 0.3 is 6.18 Å². The van der Waals surface area contributed by atoms with Crippen LogP contribution in [0.5, 0.6) is 0 Å². The van der Waals surface area contributed by atoms with Crippen LogP contribution in [0.2, 0.25) is 5.15 Å².